The molecule has 1 aromatic heterocycles. The largest absolute Gasteiger partial charge is 0.310 e. The van der Waals surface area contributed by atoms with E-state index in [-0.39, 0.29) is 5.41 Å². The molecule has 0 fully saturated rings. The zero-order valence-corrected chi connectivity index (χ0v) is 30.6. The smallest absolute Gasteiger partial charge is 0.0540 e. The molecule has 0 saturated heterocycles. The second kappa shape index (κ2) is 12.5. The number of nitrogens with zero attached hydrogens (tertiary/aromatic N) is 1. The van der Waals surface area contributed by atoms with Crippen LogP contribution in [0.15, 0.2) is 188 Å². The van der Waals surface area contributed by atoms with E-state index in [9.17, 15) is 0 Å². The van der Waals surface area contributed by atoms with Crippen LogP contribution in [0.5, 0.6) is 0 Å². The third-order valence-electron chi connectivity index (χ3n) is 11.1. The first-order valence-corrected chi connectivity index (χ1v) is 19.2. The molecule has 252 valence electrons. The van der Waals surface area contributed by atoms with E-state index in [1.165, 1.54) is 75.8 Å². The molecule has 53 heavy (non-hydrogen) atoms. The number of hydrogen-bond donors (Lipinski definition) is 0. The Bertz CT molecular complexity index is 2750. The Morgan fingerprint density at radius 3 is 1.74 bits per heavy atom. The highest BCUT2D eigenvalue weighted by Crippen LogP contribution is 2.52. The van der Waals surface area contributed by atoms with Gasteiger partial charge in [-0.15, -0.1) is 11.3 Å². The lowest BCUT2D eigenvalue weighted by Gasteiger charge is -2.30. The van der Waals surface area contributed by atoms with E-state index >= 15 is 0 Å². The molecular weight excluding hydrogens is 659 g/mol. The standard InChI is InChI=1S/C51H37NS/c1-51(2)45-24-12-9-20-40(45)41-29-28-38(33-46(41)51)52(39-31-36(34-16-5-3-6-17-34)30-37(32-39)35-18-7-4-8-19-35)47-25-13-10-21-42(47)43-23-15-27-49-50(43)44-22-11-14-26-48(44)53-49/h3-33H,1-2H3. The lowest BCUT2D eigenvalue weighted by atomic mass is 9.82. The van der Waals surface area contributed by atoms with Crippen LogP contribution in [0.1, 0.15) is 25.0 Å². The molecule has 0 saturated carbocycles. The molecule has 0 unspecified atom stereocenters. The van der Waals surface area contributed by atoms with Crippen molar-refractivity contribution in [1.29, 1.82) is 0 Å². The fourth-order valence-corrected chi connectivity index (χ4v) is 9.62. The maximum Gasteiger partial charge on any atom is 0.0540 e. The number of fused-ring (bicyclic) bond motifs is 6. The van der Waals surface area contributed by atoms with E-state index in [0.29, 0.717) is 0 Å². The zero-order valence-electron chi connectivity index (χ0n) is 29.8. The molecule has 2 heteroatoms. The molecule has 0 bridgehead atoms. The zero-order chi connectivity index (χ0) is 35.5. The van der Waals surface area contributed by atoms with Crippen molar-refractivity contribution in [2.75, 3.05) is 4.90 Å². The van der Waals surface area contributed by atoms with Crippen LogP contribution < -0.4 is 4.90 Å². The highest BCUT2D eigenvalue weighted by molar-refractivity contribution is 7.25. The Labute approximate surface area is 315 Å². The molecule has 0 atom stereocenters. The summed E-state index contributed by atoms with van der Waals surface area (Å²) >= 11 is 1.87. The molecule has 1 aliphatic carbocycles. The van der Waals surface area contributed by atoms with Crippen molar-refractivity contribution in [2.24, 2.45) is 0 Å². The second-order valence-corrected chi connectivity index (χ2v) is 15.6. The van der Waals surface area contributed by atoms with Crippen molar-refractivity contribution in [3.8, 4) is 44.5 Å². The summed E-state index contributed by atoms with van der Waals surface area (Å²) < 4.78 is 2.62. The van der Waals surface area contributed by atoms with E-state index in [1.807, 2.05) is 11.3 Å². The van der Waals surface area contributed by atoms with Gasteiger partial charge in [0.05, 0.1) is 5.69 Å². The normalized spacial score (nSPS) is 12.9. The SMILES string of the molecule is CC1(C)c2ccccc2-c2ccc(N(c3cc(-c4ccccc4)cc(-c4ccccc4)c3)c3ccccc3-c3cccc4sc5ccccc5c34)cc21. The first-order valence-electron chi connectivity index (χ1n) is 18.3. The monoisotopic (exact) mass is 695 g/mol. The molecule has 0 amide bonds. The molecule has 1 heterocycles. The fraction of sp³-hybridized carbons (Fsp3) is 0.0588. The molecule has 10 rings (SSSR count). The van der Waals surface area contributed by atoms with Gasteiger partial charge < -0.3 is 4.90 Å². The van der Waals surface area contributed by atoms with Gasteiger partial charge in [-0.25, -0.2) is 0 Å². The van der Waals surface area contributed by atoms with Crippen LogP contribution in [0.4, 0.5) is 17.1 Å². The summed E-state index contributed by atoms with van der Waals surface area (Å²) in [5.41, 5.74) is 15.9. The van der Waals surface area contributed by atoms with Crippen LogP contribution in [-0.2, 0) is 5.41 Å². The topological polar surface area (TPSA) is 3.24 Å². The van der Waals surface area contributed by atoms with E-state index in [1.54, 1.807) is 0 Å². The van der Waals surface area contributed by atoms with E-state index in [2.05, 4.69) is 207 Å². The predicted octanol–water partition coefficient (Wildman–Crippen LogP) is 14.8. The van der Waals surface area contributed by atoms with Gasteiger partial charge in [0.25, 0.3) is 0 Å². The van der Waals surface area contributed by atoms with Gasteiger partial charge in [0.2, 0.25) is 0 Å². The number of thiophene rings is 1. The molecule has 0 radical (unpaired) electrons. The number of benzene rings is 8. The van der Waals surface area contributed by atoms with E-state index < -0.39 is 0 Å². The molecular formula is C51H37NS. The highest BCUT2D eigenvalue weighted by Gasteiger charge is 2.36. The van der Waals surface area contributed by atoms with Crippen LogP contribution >= 0.6 is 11.3 Å². The number of para-hydroxylation sites is 1. The van der Waals surface area contributed by atoms with Crippen molar-refractivity contribution >= 4 is 48.6 Å². The fourth-order valence-electron chi connectivity index (χ4n) is 8.49. The average Bonchev–Trinajstić information content (AvgIpc) is 3.71. The van der Waals surface area contributed by atoms with Gasteiger partial charge in [0.1, 0.15) is 0 Å². The summed E-state index contributed by atoms with van der Waals surface area (Å²) in [6, 6.07) is 69.2. The van der Waals surface area contributed by atoms with Gasteiger partial charge in [-0.2, -0.15) is 0 Å². The summed E-state index contributed by atoms with van der Waals surface area (Å²) in [5.74, 6) is 0. The first kappa shape index (κ1) is 31.5. The first-order chi connectivity index (χ1) is 26.0. The van der Waals surface area contributed by atoms with Crippen molar-refractivity contribution in [1.82, 2.24) is 0 Å². The van der Waals surface area contributed by atoms with Crippen LogP contribution in [0.3, 0.4) is 0 Å². The summed E-state index contributed by atoms with van der Waals surface area (Å²) in [6.45, 7) is 4.73. The number of rotatable bonds is 6. The lowest BCUT2D eigenvalue weighted by molar-refractivity contribution is 0.660. The van der Waals surface area contributed by atoms with Gasteiger partial charge in [-0.1, -0.05) is 153 Å². The molecule has 9 aromatic rings. The van der Waals surface area contributed by atoms with E-state index in [0.717, 1.165) is 17.1 Å². The Hall–Kier alpha value is -6.22. The molecule has 1 aliphatic rings. The Kier molecular flexibility index (Phi) is 7.42. The van der Waals surface area contributed by atoms with Crippen molar-refractivity contribution in [3.05, 3.63) is 199 Å². The van der Waals surface area contributed by atoms with Crippen LogP contribution in [0, 0.1) is 0 Å². The molecule has 8 aromatic carbocycles. The summed E-state index contributed by atoms with van der Waals surface area (Å²) in [5, 5.41) is 2.62. The molecule has 0 spiro atoms. The highest BCUT2D eigenvalue weighted by atomic mass is 32.1. The van der Waals surface area contributed by atoms with Crippen LogP contribution in [0.2, 0.25) is 0 Å². The summed E-state index contributed by atoms with van der Waals surface area (Å²) in [4.78, 5) is 2.50. The van der Waals surface area contributed by atoms with Crippen LogP contribution in [0.25, 0.3) is 64.7 Å². The molecule has 0 N–H and O–H groups in total. The summed E-state index contributed by atoms with van der Waals surface area (Å²) in [7, 11) is 0. The minimum absolute atomic E-state index is 0.130. The van der Waals surface area contributed by atoms with Gasteiger partial charge >= 0.3 is 0 Å². The second-order valence-electron chi connectivity index (χ2n) is 14.5. The maximum absolute atomic E-state index is 2.50. The quantitative estimate of drug-likeness (QED) is 0.167. The lowest BCUT2D eigenvalue weighted by Crippen LogP contribution is -2.17. The van der Waals surface area contributed by atoms with Gasteiger partial charge in [-0.3, -0.25) is 0 Å². The third-order valence-corrected chi connectivity index (χ3v) is 12.2. The minimum atomic E-state index is -0.130. The Morgan fingerprint density at radius 1 is 0.396 bits per heavy atom. The van der Waals surface area contributed by atoms with Crippen LogP contribution in [-0.4, -0.2) is 0 Å². The third kappa shape index (κ3) is 5.21. The minimum Gasteiger partial charge on any atom is -0.310 e. The van der Waals surface area contributed by atoms with Crippen molar-refractivity contribution < 1.29 is 0 Å². The van der Waals surface area contributed by atoms with E-state index in [4.69, 9.17) is 0 Å². The number of anilines is 3. The maximum atomic E-state index is 2.50. The predicted molar refractivity (Wildman–Crippen MR) is 228 cm³/mol. The van der Waals surface area contributed by atoms with Gasteiger partial charge in [-0.05, 0) is 98.6 Å². The summed E-state index contributed by atoms with van der Waals surface area (Å²) in [6.07, 6.45) is 0. The molecule has 0 aliphatic heterocycles. The Balaban J connectivity index is 1.26. The average molecular weight is 696 g/mol. The van der Waals surface area contributed by atoms with Crippen molar-refractivity contribution in [2.45, 2.75) is 19.3 Å². The van der Waals surface area contributed by atoms with Crippen molar-refractivity contribution in [3.63, 3.8) is 0 Å². The number of hydrogen-bond acceptors (Lipinski definition) is 2. The van der Waals surface area contributed by atoms with Gasteiger partial charge in [0, 0.05) is 42.5 Å². The molecule has 1 nitrogen and oxygen atoms in total. The Morgan fingerprint density at radius 2 is 0.981 bits per heavy atom. The van der Waals surface area contributed by atoms with Gasteiger partial charge in [0.15, 0.2) is 0 Å².